The lowest BCUT2D eigenvalue weighted by Gasteiger charge is -2.32. The SMILES string of the molecule is CC(C)(C)OC(=O)Nc1cc(C(F)(F)F)c2nc1-c1nnc(o1)[C@@](OCc1ccccc1)(C(F)(F)F)CCCCCCO2. The van der Waals surface area contributed by atoms with E-state index in [4.69, 9.17) is 18.6 Å². The van der Waals surface area contributed by atoms with Crippen LogP contribution in [-0.4, -0.2) is 39.7 Å². The Morgan fingerprint density at radius 2 is 1.70 bits per heavy atom. The Hall–Kier alpha value is -3.88. The van der Waals surface area contributed by atoms with E-state index in [1.165, 1.54) is 20.8 Å². The van der Waals surface area contributed by atoms with E-state index in [0.717, 1.165) is 0 Å². The quantitative estimate of drug-likeness (QED) is 0.296. The van der Waals surface area contributed by atoms with E-state index in [1.807, 2.05) is 0 Å². The molecule has 0 saturated carbocycles. The second-order valence-corrected chi connectivity index (χ2v) is 10.9. The van der Waals surface area contributed by atoms with Gasteiger partial charge in [0.05, 0.1) is 18.9 Å². The van der Waals surface area contributed by atoms with Gasteiger partial charge in [-0.3, -0.25) is 5.32 Å². The Bertz CT molecular complexity index is 1410. The number of carbonyl (C=O) groups excluding carboxylic acids is 1. The maximum atomic E-state index is 14.9. The Balaban J connectivity index is 1.86. The number of alkyl halides is 6. The summed E-state index contributed by atoms with van der Waals surface area (Å²) in [6, 6.07) is 8.70. The van der Waals surface area contributed by atoms with E-state index in [-0.39, 0.29) is 19.4 Å². The number of fused-ring (bicyclic) bond motifs is 5. The highest BCUT2D eigenvalue weighted by atomic mass is 19.4. The fourth-order valence-electron chi connectivity index (χ4n) is 4.33. The van der Waals surface area contributed by atoms with E-state index < -0.39 is 77.3 Å². The van der Waals surface area contributed by atoms with Crippen molar-refractivity contribution in [2.45, 2.75) is 83.0 Å². The van der Waals surface area contributed by atoms with Gasteiger partial charge in [-0.15, -0.1) is 10.2 Å². The Morgan fingerprint density at radius 3 is 2.35 bits per heavy atom. The standard InChI is InChI=1S/C28H30F6N4O5/c1-25(2,3)43-24(39)35-19-15-18(27(29,30)31)21-36-20(19)22-37-38-23(42-22)26(28(32,33)34,13-9-4-5-10-14-40-21)41-16-17-11-7-6-8-12-17/h6-8,11-12,15H,4-5,9-10,13-14,16H2,1-3H3,(H,35,39)/t26-/m1/s1. The molecule has 0 radical (unpaired) electrons. The topological polar surface area (TPSA) is 109 Å². The van der Waals surface area contributed by atoms with Crippen molar-refractivity contribution >= 4 is 11.8 Å². The Labute approximate surface area is 242 Å². The van der Waals surface area contributed by atoms with Gasteiger partial charge in [-0.2, -0.15) is 26.3 Å². The fourth-order valence-corrected chi connectivity index (χ4v) is 4.33. The lowest BCUT2D eigenvalue weighted by Crippen LogP contribution is -2.45. The number of benzene rings is 1. The number of carbonyl (C=O) groups is 1. The number of hydrogen-bond donors (Lipinski definition) is 1. The number of amides is 1. The fraction of sp³-hybridized carbons (Fsp3) is 0.500. The molecule has 0 saturated heterocycles. The average molecular weight is 617 g/mol. The van der Waals surface area contributed by atoms with E-state index in [9.17, 15) is 31.1 Å². The number of pyridine rings is 1. The van der Waals surface area contributed by atoms with Crippen molar-refractivity contribution in [2.24, 2.45) is 0 Å². The minimum absolute atomic E-state index is 0.0226. The number of halogens is 6. The van der Waals surface area contributed by atoms with E-state index in [0.29, 0.717) is 24.5 Å². The van der Waals surface area contributed by atoms with Gasteiger partial charge in [-0.25, -0.2) is 9.78 Å². The molecule has 0 aliphatic carbocycles. The predicted octanol–water partition coefficient (Wildman–Crippen LogP) is 7.81. The molecule has 0 fully saturated rings. The van der Waals surface area contributed by atoms with Gasteiger partial charge in [0.2, 0.25) is 11.5 Å². The first-order valence-electron chi connectivity index (χ1n) is 13.4. The highest BCUT2D eigenvalue weighted by Gasteiger charge is 2.61. The summed E-state index contributed by atoms with van der Waals surface area (Å²) >= 11 is 0. The molecule has 2 aromatic heterocycles. The largest absolute Gasteiger partial charge is 0.477 e. The maximum Gasteiger partial charge on any atom is 0.426 e. The van der Waals surface area contributed by atoms with Crippen LogP contribution in [0.25, 0.3) is 11.6 Å². The Morgan fingerprint density at radius 1 is 1.00 bits per heavy atom. The lowest BCUT2D eigenvalue weighted by molar-refractivity contribution is -0.300. The first-order valence-corrected chi connectivity index (χ1v) is 13.4. The van der Waals surface area contributed by atoms with Crippen molar-refractivity contribution in [1.29, 1.82) is 0 Å². The molecule has 43 heavy (non-hydrogen) atoms. The highest BCUT2D eigenvalue weighted by molar-refractivity contribution is 5.89. The number of anilines is 1. The van der Waals surface area contributed by atoms with Crippen molar-refractivity contribution in [1.82, 2.24) is 15.2 Å². The normalized spacial score (nSPS) is 18.3. The molecule has 0 spiro atoms. The summed E-state index contributed by atoms with van der Waals surface area (Å²) in [5, 5.41) is 9.49. The molecule has 4 bridgehead atoms. The zero-order valence-corrected chi connectivity index (χ0v) is 23.6. The molecule has 9 nitrogen and oxygen atoms in total. The number of hydrogen-bond acceptors (Lipinski definition) is 8. The number of ether oxygens (including phenoxy) is 3. The van der Waals surface area contributed by atoms with Gasteiger partial charge < -0.3 is 18.6 Å². The van der Waals surface area contributed by atoms with Gasteiger partial charge in [-0.05, 0) is 51.7 Å². The van der Waals surface area contributed by atoms with Gasteiger partial charge in [0, 0.05) is 0 Å². The molecular formula is C28H30F6N4O5. The molecule has 3 aromatic rings. The van der Waals surface area contributed by atoms with E-state index >= 15 is 0 Å². The third kappa shape index (κ3) is 7.75. The summed E-state index contributed by atoms with van der Waals surface area (Å²) in [6.07, 6.45) is -10.8. The maximum absolute atomic E-state index is 14.9. The van der Waals surface area contributed by atoms with Crippen LogP contribution in [0.5, 0.6) is 5.88 Å². The molecule has 3 heterocycles. The van der Waals surface area contributed by atoms with E-state index in [2.05, 4.69) is 20.5 Å². The van der Waals surface area contributed by atoms with Crippen LogP contribution in [0, 0.1) is 0 Å². The predicted molar refractivity (Wildman–Crippen MR) is 140 cm³/mol. The van der Waals surface area contributed by atoms with Crippen LogP contribution in [0.2, 0.25) is 0 Å². The zero-order valence-electron chi connectivity index (χ0n) is 23.6. The van der Waals surface area contributed by atoms with Crippen LogP contribution in [-0.2, 0) is 27.9 Å². The summed E-state index contributed by atoms with van der Waals surface area (Å²) in [5.41, 5.74) is -6.09. The van der Waals surface area contributed by atoms with Crippen LogP contribution >= 0.6 is 0 Å². The van der Waals surface area contributed by atoms with E-state index in [1.54, 1.807) is 30.3 Å². The number of aromatic nitrogens is 3. The van der Waals surface area contributed by atoms with Gasteiger partial charge in [-0.1, -0.05) is 43.2 Å². The molecule has 1 N–H and O–H groups in total. The molecule has 15 heteroatoms. The lowest BCUT2D eigenvalue weighted by atomic mass is 9.94. The third-order valence-electron chi connectivity index (χ3n) is 6.35. The molecular weight excluding hydrogens is 586 g/mol. The summed E-state index contributed by atoms with van der Waals surface area (Å²) in [7, 11) is 0. The number of rotatable bonds is 4. The molecule has 234 valence electrons. The van der Waals surface area contributed by atoms with Gasteiger partial charge in [0.15, 0.2) is 5.69 Å². The highest BCUT2D eigenvalue weighted by Crippen LogP contribution is 2.47. The molecule has 4 rings (SSSR count). The zero-order chi connectivity index (χ0) is 31.5. The van der Waals surface area contributed by atoms with Crippen LogP contribution in [0.15, 0.2) is 40.8 Å². The molecule has 1 aliphatic heterocycles. The number of nitrogens with zero attached hydrogens (tertiary/aromatic N) is 3. The Kier molecular flexibility index (Phi) is 9.23. The van der Waals surface area contributed by atoms with Crippen molar-refractivity contribution in [3.63, 3.8) is 0 Å². The minimum Gasteiger partial charge on any atom is -0.477 e. The third-order valence-corrected chi connectivity index (χ3v) is 6.35. The van der Waals surface area contributed by atoms with Crippen LogP contribution in [0.1, 0.15) is 69.9 Å². The molecule has 1 aromatic carbocycles. The molecule has 1 amide bonds. The number of nitrogens with one attached hydrogen (secondary N) is 1. The van der Waals surface area contributed by atoms with Crippen molar-refractivity contribution < 1.29 is 49.8 Å². The first kappa shape index (κ1) is 32.0. The summed E-state index contributed by atoms with van der Waals surface area (Å²) in [6.45, 7) is 3.96. The summed E-state index contributed by atoms with van der Waals surface area (Å²) in [4.78, 5) is 16.4. The second kappa shape index (κ2) is 12.4. The van der Waals surface area contributed by atoms with Gasteiger partial charge in [0.25, 0.3) is 11.8 Å². The molecule has 1 aliphatic rings. The van der Waals surface area contributed by atoms with Crippen LogP contribution in [0.4, 0.5) is 36.8 Å². The average Bonchev–Trinajstić information content (AvgIpc) is 3.38. The van der Waals surface area contributed by atoms with Crippen molar-refractivity contribution in [3.8, 4) is 17.5 Å². The van der Waals surface area contributed by atoms with Crippen LogP contribution in [0.3, 0.4) is 0 Å². The first-order chi connectivity index (χ1) is 20.1. The smallest absolute Gasteiger partial charge is 0.426 e. The molecule has 0 unspecified atom stereocenters. The van der Waals surface area contributed by atoms with Crippen molar-refractivity contribution in [3.05, 3.63) is 53.4 Å². The molecule has 1 atom stereocenters. The van der Waals surface area contributed by atoms with Gasteiger partial charge >= 0.3 is 18.4 Å². The second-order valence-electron chi connectivity index (χ2n) is 10.9. The minimum atomic E-state index is -5.03. The van der Waals surface area contributed by atoms with Crippen LogP contribution < -0.4 is 10.1 Å². The van der Waals surface area contributed by atoms with Crippen molar-refractivity contribution in [2.75, 3.05) is 11.9 Å². The summed E-state index contributed by atoms with van der Waals surface area (Å²) < 4.78 is 108. The monoisotopic (exact) mass is 616 g/mol. The van der Waals surface area contributed by atoms with Gasteiger partial charge in [0.1, 0.15) is 11.2 Å². The summed E-state index contributed by atoms with van der Waals surface area (Å²) in [5.74, 6) is -2.53.